The van der Waals surface area contributed by atoms with Crippen LogP contribution in [-0.4, -0.2) is 7.05 Å². The van der Waals surface area contributed by atoms with Crippen molar-refractivity contribution in [2.75, 3.05) is 7.05 Å². The quantitative estimate of drug-likeness (QED) is 0.746. The lowest BCUT2D eigenvalue weighted by atomic mass is 10.1. The Labute approximate surface area is 115 Å². The summed E-state index contributed by atoms with van der Waals surface area (Å²) in [6, 6.07) is 17.5. The third kappa shape index (κ3) is 2.39. The van der Waals surface area contributed by atoms with Crippen molar-refractivity contribution in [3.05, 3.63) is 70.9 Å². The van der Waals surface area contributed by atoms with E-state index in [4.69, 9.17) is 0 Å². The molecule has 19 heavy (non-hydrogen) atoms. The molecule has 0 saturated heterocycles. The first kappa shape index (κ1) is 12.3. The molecule has 1 N–H and O–H groups in total. The highest BCUT2D eigenvalue weighted by Crippen LogP contribution is 2.33. The fourth-order valence-corrected chi connectivity index (χ4v) is 3.51. The van der Waals surface area contributed by atoms with Crippen molar-refractivity contribution in [3.8, 4) is 0 Å². The molecule has 0 amide bonds. The molecular weight excluding hydrogens is 257 g/mol. The largest absolute Gasteiger partial charge is 0.309 e. The van der Waals surface area contributed by atoms with Crippen LogP contribution in [0.25, 0.3) is 10.1 Å². The summed E-state index contributed by atoms with van der Waals surface area (Å²) in [5.74, 6) is -0.179. The zero-order valence-corrected chi connectivity index (χ0v) is 11.4. The molecule has 1 aromatic heterocycles. The number of halogens is 1. The van der Waals surface area contributed by atoms with E-state index in [0.29, 0.717) is 0 Å². The highest BCUT2D eigenvalue weighted by atomic mass is 32.1. The van der Waals surface area contributed by atoms with Crippen LogP contribution >= 0.6 is 11.3 Å². The van der Waals surface area contributed by atoms with E-state index in [1.807, 2.05) is 31.3 Å². The lowest BCUT2D eigenvalue weighted by Crippen LogP contribution is -2.16. The molecule has 96 valence electrons. The Morgan fingerprint density at radius 1 is 1.05 bits per heavy atom. The van der Waals surface area contributed by atoms with Crippen LogP contribution in [0.5, 0.6) is 0 Å². The lowest BCUT2D eigenvalue weighted by molar-refractivity contribution is 0.630. The fourth-order valence-electron chi connectivity index (χ4n) is 2.29. The van der Waals surface area contributed by atoms with E-state index in [1.165, 1.54) is 16.5 Å². The van der Waals surface area contributed by atoms with Crippen LogP contribution in [0, 0.1) is 5.82 Å². The smallest absolute Gasteiger partial charge is 0.124 e. The number of nitrogens with one attached hydrogen (secondary N) is 1. The molecule has 0 radical (unpaired) electrons. The standard InChI is InChI=1S/C16H14FNS/c1-18-16(11-5-3-2-4-6-11)15-9-12-7-8-13(17)10-14(12)19-15/h2-10,16,18H,1H3. The second-order valence-corrected chi connectivity index (χ2v) is 5.58. The van der Waals surface area contributed by atoms with Crippen LogP contribution in [0.3, 0.4) is 0 Å². The topological polar surface area (TPSA) is 12.0 Å². The number of benzene rings is 2. The van der Waals surface area contributed by atoms with Crippen LogP contribution in [0.4, 0.5) is 4.39 Å². The molecule has 0 fully saturated rings. The zero-order chi connectivity index (χ0) is 13.2. The van der Waals surface area contributed by atoms with Gasteiger partial charge in [-0.05, 0) is 36.2 Å². The minimum absolute atomic E-state index is 0.154. The number of thiophene rings is 1. The third-order valence-corrected chi connectivity index (χ3v) is 4.37. The summed E-state index contributed by atoms with van der Waals surface area (Å²) in [7, 11) is 1.95. The van der Waals surface area contributed by atoms with Gasteiger partial charge in [-0.25, -0.2) is 4.39 Å². The number of rotatable bonds is 3. The predicted octanol–water partition coefficient (Wildman–Crippen LogP) is 4.35. The molecule has 1 nitrogen and oxygen atoms in total. The van der Waals surface area contributed by atoms with Crippen LogP contribution in [0.2, 0.25) is 0 Å². The first-order valence-corrected chi connectivity index (χ1v) is 7.01. The van der Waals surface area contributed by atoms with Gasteiger partial charge in [-0.15, -0.1) is 11.3 Å². The van der Waals surface area contributed by atoms with Crippen LogP contribution in [0.15, 0.2) is 54.6 Å². The summed E-state index contributed by atoms with van der Waals surface area (Å²) in [6.07, 6.45) is 0. The van der Waals surface area contributed by atoms with E-state index in [0.717, 1.165) is 10.1 Å². The van der Waals surface area contributed by atoms with Gasteiger partial charge >= 0.3 is 0 Å². The summed E-state index contributed by atoms with van der Waals surface area (Å²) in [5.41, 5.74) is 1.22. The normalized spacial score (nSPS) is 12.7. The van der Waals surface area contributed by atoms with Crippen molar-refractivity contribution in [3.63, 3.8) is 0 Å². The van der Waals surface area contributed by atoms with Crippen molar-refractivity contribution in [1.82, 2.24) is 5.32 Å². The first-order valence-electron chi connectivity index (χ1n) is 6.19. The van der Waals surface area contributed by atoms with Crippen molar-refractivity contribution in [2.24, 2.45) is 0 Å². The van der Waals surface area contributed by atoms with Gasteiger partial charge in [-0.2, -0.15) is 0 Å². The Hall–Kier alpha value is -1.71. The highest BCUT2D eigenvalue weighted by Gasteiger charge is 2.14. The molecule has 3 rings (SSSR count). The Morgan fingerprint density at radius 3 is 2.58 bits per heavy atom. The van der Waals surface area contributed by atoms with Crippen LogP contribution in [-0.2, 0) is 0 Å². The van der Waals surface area contributed by atoms with Gasteiger partial charge in [0.2, 0.25) is 0 Å². The van der Waals surface area contributed by atoms with Gasteiger partial charge in [0.25, 0.3) is 0 Å². The van der Waals surface area contributed by atoms with Gasteiger partial charge in [-0.3, -0.25) is 0 Å². The van der Waals surface area contributed by atoms with Gasteiger partial charge in [0, 0.05) is 9.58 Å². The van der Waals surface area contributed by atoms with E-state index < -0.39 is 0 Å². The summed E-state index contributed by atoms with van der Waals surface area (Å²) in [4.78, 5) is 1.20. The summed E-state index contributed by atoms with van der Waals surface area (Å²) >= 11 is 1.64. The minimum atomic E-state index is -0.179. The van der Waals surface area contributed by atoms with E-state index in [-0.39, 0.29) is 11.9 Å². The maximum atomic E-state index is 13.2. The van der Waals surface area contributed by atoms with Gasteiger partial charge in [-0.1, -0.05) is 36.4 Å². The van der Waals surface area contributed by atoms with E-state index in [1.54, 1.807) is 17.4 Å². The third-order valence-electron chi connectivity index (χ3n) is 3.21. The molecule has 3 heteroatoms. The van der Waals surface area contributed by atoms with E-state index in [9.17, 15) is 4.39 Å². The molecule has 3 aromatic rings. The van der Waals surface area contributed by atoms with E-state index in [2.05, 4.69) is 23.5 Å². The minimum Gasteiger partial charge on any atom is -0.309 e. The molecule has 0 bridgehead atoms. The predicted molar refractivity (Wildman–Crippen MR) is 79.1 cm³/mol. The molecule has 2 aromatic carbocycles. The molecule has 1 heterocycles. The van der Waals surface area contributed by atoms with E-state index >= 15 is 0 Å². The second kappa shape index (κ2) is 5.11. The molecule has 0 spiro atoms. The van der Waals surface area contributed by atoms with Gasteiger partial charge in [0.1, 0.15) is 5.82 Å². The summed E-state index contributed by atoms with van der Waals surface area (Å²) in [6.45, 7) is 0. The number of fused-ring (bicyclic) bond motifs is 1. The average Bonchev–Trinajstić information content (AvgIpc) is 2.83. The molecular formula is C16H14FNS. The average molecular weight is 271 g/mol. The summed E-state index contributed by atoms with van der Waals surface area (Å²) < 4.78 is 14.2. The van der Waals surface area contributed by atoms with Crippen molar-refractivity contribution in [1.29, 1.82) is 0 Å². The Bertz CT molecular complexity index is 690. The monoisotopic (exact) mass is 271 g/mol. The van der Waals surface area contributed by atoms with Crippen molar-refractivity contribution in [2.45, 2.75) is 6.04 Å². The molecule has 1 unspecified atom stereocenters. The SMILES string of the molecule is CNC(c1ccccc1)c1cc2ccc(F)cc2s1. The second-order valence-electron chi connectivity index (χ2n) is 4.46. The number of hydrogen-bond donors (Lipinski definition) is 1. The Morgan fingerprint density at radius 2 is 1.84 bits per heavy atom. The molecule has 0 aliphatic carbocycles. The molecule has 0 aliphatic heterocycles. The van der Waals surface area contributed by atoms with Crippen LogP contribution < -0.4 is 5.32 Å². The highest BCUT2D eigenvalue weighted by molar-refractivity contribution is 7.19. The van der Waals surface area contributed by atoms with Crippen LogP contribution in [0.1, 0.15) is 16.5 Å². The van der Waals surface area contributed by atoms with Crippen molar-refractivity contribution >= 4 is 21.4 Å². The molecule has 1 atom stereocenters. The van der Waals surface area contributed by atoms with Gasteiger partial charge < -0.3 is 5.32 Å². The zero-order valence-electron chi connectivity index (χ0n) is 10.6. The summed E-state index contributed by atoms with van der Waals surface area (Å²) in [5, 5.41) is 4.42. The van der Waals surface area contributed by atoms with Gasteiger partial charge in [0.05, 0.1) is 6.04 Å². The molecule has 0 aliphatic rings. The maximum Gasteiger partial charge on any atom is 0.124 e. The molecule has 0 saturated carbocycles. The number of hydrogen-bond acceptors (Lipinski definition) is 2. The maximum absolute atomic E-state index is 13.2. The lowest BCUT2D eigenvalue weighted by Gasteiger charge is -2.14. The fraction of sp³-hybridized carbons (Fsp3) is 0.125. The Balaban J connectivity index is 2.07. The first-order chi connectivity index (χ1) is 9.28. The van der Waals surface area contributed by atoms with Crippen molar-refractivity contribution < 1.29 is 4.39 Å². The van der Waals surface area contributed by atoms with Gasteiger partial charge in [0.15, 0.2) is 0 Å². The Kier molecular flexibility index (Phi) is 3.32.